The number of halogens is 3. The minimum absolute atomic E-state index is 0. The van der Waals surface area contributed by atoms with E-state index in [9.17, 15) is 4.39 Å². The standard InChI is InChI=1S/C20H20ClFN6O.HI/c21-15-3-1-14(2-4-15)19-25-18(29-26-19)13-24-20(23)28-11-9-27(10-12-28)17-7-5-16(22)6-8-17;/h1-8H,9-13H2,(H2,23,24);1H. The number of nitrogens with two attached hydrogens (primary N) is 1. The number of hydrogen-bond acceptors (Lipinski definition) is 5. The summed E-state index contributed by atoms with van der Waals surface area (Å²) in [6.45, 7) is 3.23. The minimum atomic E-state index is -0.232. The first-order valence-corrected chi connectivity index (χ1v) is 9.60. The molecule has 0 bridgehead atoms. The number of anilines is 1. The molecular weight excluding hydrogens is 522 g/mol. The van der Waals surface area contributed by atoms with Crippen molar-refractivity contribution in [1.82, 2.24) is 15.0 Å². The van der Waals surface area contributed by atoms with Gasteiger partial charge < -0.3 is 20.1 Å². The molecule has 1 aromatic heterocycles. The summed E-state index contributed by atoms with van der Waals surface area (Å²) in [5.41, 5.74) is 7.96. The molecule has 2 heterocycles. The fourth-order valence-corrected chi connectivity index (χ4v) is 3.26. The van der Waals surface area contributed by atoms with Gasteiger partial charge in [0, 0.05) is 42.5 Å². The van der Waals surface area contributed by atoms with Crippen molar-refractivity contribution in [2.75, 3.05) is 31.1 Å². The predicted octanol–water partition coefficient (Wildman–Crippen LogP) is 3.78. The molecule has 3 aromatic rings. The molecule has 1 fully saturated rings. The molecular formula is C20H21ClFIN6O. The molecule has 0 saturated carbocycles. The molecule has 0 radical (unpaired) electrons. The molecule has 0 amide bonds. The van der Waals surface area contributed by atoms with Gasteiger partial charge in [0.25, 0.3) is 0 Å². The van der Waals surface area contributed by atoms with Crippen molar-refractivity contribution in [3.8, 4) is 11.4 Å². The van der Waals surface area contributed by atoms with E-state index in [1.165, 1.54) is 12.1 Å². The SMILES string of the molecule is I.NC(=NCc1nc(-c2ccc(Cl)cc2)no1)N1CCN(c2ccc(F)cc2)CC1. The molecule has 4 rings (SSSR count). The maximum atomic E-state index is 13.1. The van der Waals surface area contributed by atoms with Crippen molar-refractivity contribution in [3.05, 3.63) is 65.3 Å². The molecule has 30 heavy (non-hydrogen) atoms. The van der Waals surface area contributed by atoms with E-state index in [4.69, 9.17) is 21.9 Å². The van der Waals surface area contributed by atoms with Crippen molar-refractivity contribution >= 4 is 47.2 Å². The topological polar surface area (TPSA) is 83.8 Å². The molecule has 158 valence electrons. The zero-order valence-electron chi connectivity index (χ0n) is 16.0. The Morgan fingerprint density at radius 2 is 1.73 bits per heavy atom. The molecule has 7 nitrogen and oxygen atoms in total. The lowest BCUT2D eigenvalue weighted by Gasteiger charge is -2.36. The van der Waals surface area contributed by atoms with E-state index < -0.39 is 0 Å². The van der Waals surface area contributed by atoms with Crippen molar-refractivity contribution in [3.63, 3.8) is 0 Å². The number of piperazine rings is 1. The smallest absolute Gasteiger partial charge is 0.248 e. The Labute approximate surface area is 195 Å². The van der Waals surface area contributed by atoms with E-state index in [1.807, 2.05) is 17.0 Å². The summed E-state index contributed by atoms with van der Waals surface area (Å²) in [5.74, 6) is 1.08. The van der Waals surface area contributed by atoms with Crippen LogP contribution in [-0.2, 0) is 6.54 Å². The Balaban J connectivity index is 0.00000256. The van der Waals surface area contributed by atoms with Crippen LogP contribution in [0.3, 0.4) is 0 Å². The Morgan fingerprint density at radius 1 is 1.07 bits per heavy atom. The molecule has 1 aliphatic heterocycles. The third kappa shape index (κ3) is 5.39. The van der Waals surface area contributed by atoms with Crippen LogP contribution in [0.5, 0.6) is 0 Å². The van der Waals surface area contributed by atoms with Gasteiger partial charge in [-0.2, -0.15) is 4.98 Å². The van der Waals surface area contributed by atoms with Gasteiger partial charge in [0.05, 0.1) is 0 Å². The van der Waals surface area contributed by atoms with Gasteiger partial charge in [0.2, 0.25) is 11.7 Å². The lowest BCUT2D eigenvalue weighted by Crippen LogP contribution is -2.51. The van der Waals surface area contributed by atoms with Crippen LogP contribution in [0.15, 0.2) is 58.0 Å². The van der Waals surface area contributed by atoms with Gasteiger partial charge in [-0.25, -0.2) is 9.38 Å². The molecule has 0 unspecified atom stereocenters. The number of hydrogen-bond donors (Lipinski definition) is 1. The second kappa shape index (κ2) is 10.1. The van der Waals surface area contributed by atoms with Crippen molar-refractivity contribution in [1.29, 1.82) is 0 Å². The molecule has 1 saturated heterocycles. The number of guanidine groups is 1. The summed E-state index contributed by atoms with van der Waals surface area (Å²) in [5, 5.41) is 4.62. The first kappa shape index (κ1) is 22.3. The Kier molecular flexibility index (Phi) is 7.48. The molecule has 10 heteroatoms. The predicted molar refractivity (Wildman–Crippen MR) is 126 cm³/mol. The van der Waals surface area contributed by atoms with Crippen LogP contribution in [0.2, 0.25) is 5.02 Å². The molecule has 1 aliphatic rings. The third-order valence-corrected chi connectivity index (χ3v) is 4.99. The van der Waals surface area contributed by atoms with E-state index in [0.717, 1.165) is 37.4 Å². The largest absolute Gasteiger partial charge is 0.370 e. The van der Waals surface area contributed by atoms with Gasteiger partial charge >= 0.3 is 0 Å². The van der Waals surface area contributed by atoms with Crippen LogP contribution in [0.4, 0.5) is 10.1 Å². The third-order valence-electron chi connectivity index (χ3n) is 4.74. The number of nitrogens with zero attached hydrogens (tertiary/aromatic N) is 5. The van der Waals surface area contributed by atoms with Gasteiger partial charge in [-0.3, -0.25) is 0 Å². The van der Waals surface area contributed by atoms with Crippen LogP contribution >= 0.6 is 35.6 Å². The molecule has 0 aliphatic carbocycles. The van der Waals surface area contributed by atoms with Crippen LogP contribution in [0.1, 0.15) is 5.89 Å². The maximum absolute atomic E-state index is 13.1. The highest BCUT2D eigenvalue weighted by molar-refractivity contribution is 14.0. The van der Waals surface area contributed by atoms with E-state index in [1.54, 1.807) is 24.3 Å². The minimum Gasteiger partial charge on any atom is -0.370 e. The first-order valence-electron chi connectivity index (χ1n) is 9.22. The molecule has 2 aromatic carbocycles. The highest BCUT2D eigenvalue weighted by Crippen LogP contribution is 2.19. The number of aromatic nitrogens is 2. The first-order chi connectivity index (χ1) is 14.1. The lowest BCUT2D eigenvalue weighted by molar-refractivity contribution is 0.370. The summed E-state index contributed by atoms with van der Waals surface area (Å²) in [6, 6.07) is 13.7. The number of benzene rings is 2. The zero-order valence-corrected chi connectivity index (χ0v) is 19.1. The summed E-state index contributed by atoms with van der Waals surface area (Å²) in [7, 11) is 0. The summed E-state index contributed by atoms with van der Waals surface area (Å²) in [6.07, 6.45) is 0. The van der Waals surface area contributed by atoms with Crippen LogP contribution in [-0.4, -0.2) is 47.2 Å². The monoisotopic (exact) mass is 542 g/mol. The number of rotatable bonds is 4. The summed E-state index contributed by atoms with van der Waals surface area (Å²) < 4.78 is 18.3. The van der Waals surface area contributed by atoms with Crippen LogP contribution < -0.4 is 10.6 Å². The average molecular weight is 543 g/mol. The van der Waals surface area contributed by atoms with Gasteiger partial charge in [0.15, 0.2) is 5.96 Å². The van der Waals surface area contributed by atoms with Crippen LogP contribution in [0, 0.1) is 5.82 Å². The van der Waals surface area contributed by atoms with Crippen molar-refractivity contribution < 1.29 is 8.91 Å². The second-order valence-corrected chi connectivity index (χ2v) is 7.08. The Morgan fingerprint density at radius 3 is 2.40 bits per heavy atom. The highest BCUT2D eigenvalue weighted by Gasteiger charge is 2.19. The normalized spacial score (nSPS) is 14.5. The zero-order chi connectivity index (χ0) is 20.2. The van der Waals surface area contributed by atoms with Gasteiger partial charge in [-0.15, -0.1) is 24.0 Å². The summed E-state index contributed by atoms with van der Waals surface area (Å²) >= 11 is 5.89. The fraction of sp³-hybridized carbons (Fsp3) is 0.250. The summed E-state index contributed by atoms with van der Waals surface area (Å²) in [4.78, 5) is 12.9. The lowest BCUT2D eigenvalue weighted by atomic mass is 10.2. The average Bonchev–Trinajstić information content (AvgIpc) is 3.22. The fourth-order valence-electron chi connectivity index (χ4n) is 3.13. The van der Waals surface area contributed by atoms with Gasteiger partial charge in [-0.1, -0.05) is 16.8 Å². The highest BCUT2D eigenvalue weighted by atomic mass is 127. The van der Waals surface area contributed by atoms with E-state index in [0.29, 0.717) is 22.7 Å². The quantitative estimate of drug-likeness (QED) is 0.307. The van der Waals surface area contributed by atoms with Gasteiger partial charge in [0.1, 0.15) is 12.4 Å². The van der Waals surface area contributed by atoms with E-state index >= 15 is 0 Å². The van der Waals surface area contributed by atoms with Crippen LogP contribution in [0.25, 0.3) is 11.4 Å². The molecule has 2 N–H and O–H groups in total. The van der Waals surface area contributed by atoms with Crippen molar-refractivity contribution in [2.45, 2.75) is 6.54 Å². The Hall–Kier alpha value is -2.40. The molecule has 0 spiro atoms. The molecule has 0 atom stereocenters. The Bertz CT molecular complexity index is 987. The number of aliphatic imine (C=N–C) groups is 1. The van der Waals surface area contributed by atoms with Gasteiger partial charge in [-0.05, 0) is 48.5 Å². The van der Waals surface area contributed by atoms with E-state index in [2.05, 4.69) is 20.0 Å². The second-order valence-electron chi connectivity index (χ2n) is 6.64. The van der Waals surface area contributed by atoms with Crippen molar-refractivity contribution in [2.24, 2.45) is 10.7 Å². The maximum Gasteiger partial charge on any atom is 0.248 e. The van der Waals surface area contributed by atoms with E-state index in [-0.39, 0.29) is 36.3 Å².